The van der Waals surface area contributed by atoms with Gasteiger partial charge in [-0.15, -0.1) is 0 Å². The van der Waals surface area contributed by atoms with Crippen LogP contribution in [0, 0.1) is 5.92 Å². The lowest BCUT2D eigenvalue weighted by Gasteiger charge is -2.36. The summed E-state index contributed by atoms with van der Waals surface area (Å²) in [6, 6.07) is -1.20. The monoisotopic (exact) mass is 606 g/mol. The highest BCUT2D eigenvalue weighted by atomic mass is 19.4. The van der Waals surface area contributed by atoms with Gasteiger partial charge in [0, 0.05) is 58.0 Å². The Balaban J connectivity index is 1.34. The SMILES string of the molecule is CC(=O)NC[C@@H](CO[C@@H]1CCN(C2CCN(c3ncc(C(F)(F)F)cn3)CC2)C1=O)N=C1C=NNC(=O)C1C(F)(F)F. The molecule has 0 bridgehead atoms. The molecule has 0 aliphatic carbocycles. The fourth-order valence-corrected chi connectivity index (χ4v) is 4.90. The van der Waals surface area contributed by atoms with E-state index in [1.807, 2.05) is 0 Å². The minimum absolute atomic E-state index is 0.156. The average molecular weight is 607 g/mol. The van der Waals surface area contributed by atoms with Gasteiger partial charge in [0.2, 0.25) is 11.9 Å². The number of halogens is 6. The number of hydrogen-bond donors (Lipinski definition) is 2. The van der Waals surface area contributed by atoms with Crippen LogP contribution in [0.15, 0.2) is 22.5 Å². The molecule has 0 radical (unpaired) electrons. The summed E-state index contributed by atoms with van der Waals surface area (Å²) in [6.45, 7) is 1.91. The summed E-state index contributed by atoms with van der Waals surface area (Å²) in [4.78, 5) is 51.4. The Morgan fingerprint density at radius 2 is 1.79 bits per heavy atom. The van der Waals surface area contributed by atoms with E-state index in [-0.39, 0.29) is 31.0 Å². The van der Waals surface area contributed by atoms with Crippen molar-refractivity contribution in [2.75, 3.05) is 37.7 Å². The molecule has 4 rings (SSSR count). The molecule has 2 fully saturated rings. The van der Waals surface area contributed by atoms with E-state index in [2.05, 4.69) is 25.4 Å². The predicted octanol–water partition coefficient (Wildman–Crippen LogP) is 1.32. The molecule has 2 N–H and O–H groups in total. The third-order valence-electron chi connectivity index (χ3n) is 7.01. The Kier molecular flexibility index (Phi) is 9.32. The summed E-state index contributed by atoms with van der Waals surface area (Å²) in [5.41, 5.74) is 0.167. The Labute approximate surface area is 235 Å². The highest BCUT2D eigenvalue weighted by molar-refractivity contribution is 6.37. The van der Waals surface area contributed by atoms with Crippen LogP contribution < -0.4 is 15.6 Å². The fourth-order valence-electron chi connectivity index (χ4n) is 4.90. The number of aromatic nitrogens is 2. The number of nitrogens with zero attached hydrogens (tertiary/aromatic N) is 6. The van der Waals surface area contributed by atoms with E-state index < -0.39 is 53.5 Å². The van der Waals surface area contributed by atoms with Crippen molar-refractivity contribution in [2.45, 2.75) is 56.7 Å². The molecular weight excluding hydrogens is 578 g/mol. The Bertz CT molecular complexity index is 1210. The number of aliphatic imine (C=N–C) groups is 1. The first-order valence-corrected chi connectivity index (χ1v) is 13.0. The number of alkyl halides is 6. The molecule has 4 heterocycles. The third kappa shape index (κ3) is 7.51. The van der Waals surface area contributed by atoms with Crippen molar-refractivity contribution < 1.29 is 45.5 Å². The molecule has 1 aromatic heterocycles. The van der Waals surface area contributed by atoms with Gasteiger partial charge in [-0.05, 0) is 12.8 Å². The zero-order valence-electron chi connectivity index (χ0n) is 22.3. The lowest BCUT2D eigenvalue weighted by molar-refractivity contribution is -0.168. The number of ether oxygens (including phenoxy) is 1. The topological polar surface area (TPSA) is 141 Å². The van der Waals surface area contributed by atoms with Gasteiger partial charge >= 0.3 is 12.4 Å². The standard InChI is InChI=1S/C24H28F6N8O4/c1-13(39)31-10-15(35-17-11-34-36-20(40)19(17)24(28,29)30)12-42-18-4-7-38(21(18)41)16-2-5-37(6-3-16)22-32-8-14(9-33-22)23(25,26)27/h8-9,11,15-16,18-19H,2-7,10,12H2,1H3,(H,31,39)(H,36,40)/t15-,18+,19?/m0/s1. The number of anilines is 1. The smallest absolute Gasteiger partial charge is 0.366 e. The number of likely N-dealkylation sites (tertiary alicyclic amines) is 1. The Morgan fingerprint density at radius 3 is 2.38 bits per heavy atom. The van der Waals surface area contributed by atoms with Gasteiger partial charge in [-0.1, -0.05) is 0 Å². The number of carbonyl (C=O) groups is 3. The number of rotatable bonds is 8. The third-order valence-corrected chi connectivity index (χ3v) is 7.01. The van der Waals surface area contributed by atoms with Gasteiger partial charge in [-0.2, -0.15) is 31.4 Å². The lowest BCUT2D eigenvalue weighted by Crippen LogP contribution is -2.48. The Hall–Kier alpha value is -3.83. The van der Waals surface area contributed by atoms with E-state index in [0.29, 0.717) is 38.9 Å². The second-order valence-electron chi connectivity index (χ2n) is 9.98. The van der Waals surface area contributed by atoms with Crippen LogP contribution in [0.25, 0.3) is 0 Å². The van der Waals surface area contributed by atoms with Crippen molar-refractivity contribution in [3.05, 3.63) is 18.0 Å². The van der Waals surface area contributed by atoms with Gasteiger partial charge in [0.1, 0.15) is 6.10 Å². The minimum atomic E-state index is -4.93. The van der Waals surface area contributed by atoms with E-state index in [0.717, 1.165) is 18.6 Å². The number of nitrogens with one attached hydrogen (secondary N) is 2. The molecule has 1 aromatic rings. The molecule has 18 heteroatoms. The zero-order chi connectivity index (χ0) is 30.7. The first-order valence-electron chi connectivity index (χ1n) is 13.0. The van der Waals surface area contributed by atoms with Gasteiger partial charge in [0.25, 0.3) is 11.8 Å². The predicted molar refractivity (Wildman–Crippen MR) is 134 cm³/mol. The van der Waals surface area contributed by atoms with E-state index in [1.54, 1.807) is 15.2 Å². The number of hydrazone groups is 1. The number of amides is 3. The highest BCUT2D eigenvalue weighted by Crippen LogP contribution is 2.31. The van der Waals surface area contributed by atoms with Gasteiger partial charge in [-0.3, -0.25) is 19.4 Å². The molecule has 3 atom stereocenters. The number of piperidine rings is 1. The first-order chi connectivity index (χ1) is 19.7. The van der Waals surface area contributed by atoms with Crippen molar-refractivity contribution >= 4 is 35.6 Å². The van der Waals surface area contributed by atoms with Crippen molar-refractivity contribution in [1.29, 1.82) is 0 Å². The van der Waals surface area contributed by atoms with Gasteiger partial charge in [0.15, 0.2) is 5.92 Å². The van der Waals surface area contributed by atoms with Crippen LogP contribution in [-0.4, -0.2) is 102 Å². The summed E-state index contributed by atoms with van der Waals surface area (Å²) < 4.78 is 84.5. The number of carbonyl (C=O) groups excluding carboxylic acids is 3. The van der Waals surface area contributed by atoms with Gasteiger partial charge < -0.3 is 19.9 Å². The second kappa shape index (κ2) is 12.6. The van der Waals surface area contributed by atoms with Crippen LogP contribution in [0.4, 0.5) is 32.3 Å². The molecule has 2 saturated heterocycles. The van der Waals surface area contributed by atoms with Gasteiger partial charge in [-0.25, -0.2) is 15.4 Å². The maximum Gasteiger partial charge on any atom is 0.419 e. The number of hydrogen-bond acceptors (Lipinski definition) is 9. The van der Waals surface area contributed by atoms with Crippen molar-refractivity contribution in [3.63, 3.8) is 0 Å². The molecule has 42 heavy (non-hydrogen) atoms. The van der Waals surface area contributed by atoms with Crippen molar-refractivity contribution in [2.24, 2.45) is 16.0 Å². The molecular formula is C24H28F6N8O4. The molecule has 3 amide bonds. The largest absolute Gasteiger partial charge is 0.419 e. The van der Waals surface area contributed by atoms with Crippen LogP contribution in [0.2, 0.25) is 0 Å². The van der Waals surface area contributed by atoms with Crippen molar-refractivity contribution in [3.8, 4) is 0 Å². The zero-order valence-corrected chi connectivity index (χ0v) is 22.3. The average Bonchev–Trinajstić information content (AvgIpc) is 3.29. The normalized spacial score (nSPS) is 23.8. The quantitative estimate of drug-likeness (QED) is 0.426. The highest BCUT2D eigenvalue weighted by Gasteiger charge is 2.49. The molecule has 12 nitrogen and oxygen atoms in total. The van der Waals surface area contributed by atoms with Crippen LogP contribution in [0.3, 0.4) is 0 Å². The van der Waals surface area contributed by atoms with Crippen LogP contribution in [0.1, 0.15) is 31.7 Å². The molecule has 3 aliphatic rings. The lowest BCUT2D eigenvalue weighted by atomic mass is 10.0. The maximum atomic E-state index is 13.5. The Morgan fingerprint density at radius 1 is 1.12 bits per heavy atom. The molecule has 0 spiro atoms. The van der Waals surface area contributed by atoms with Crippen LogP contribution in [0.5, 0.6) is 0 Å². The summed E-state index contributed by atoms with van der Waals surface area (Å²) in [7, 11) is 0. The van der Waals surface area contributed by atoms with E-state index in [4.69, 9.17) is 4.74 Å². The van der Waals surface area contributed by atoms with Crippen LogP contribution in [-0.2, 0) is 25.3 Å². The van der Waals surface area contributed by atoms with E-state index in [1.165, 1.54) is 6.92 Å². The van der Waals surface area contributed by atoms with Crippen molar-refractivity contribution in [1.82, 2.24) is 25.6 Å². The summed E-state index contributed by atoms with van der Waals surface area (Å²) >= 11 is 0. The molecule has 0 saturated carbocycles. The van der Waals surface area contributed by atoms with E-state index in [9.17, 15) is 40.7 Å². The second-order valence-corrected chi connectivity index (χ2v) is 9.98. The van der Waals surface area contributed by atoms with Gasteiger partial charge in [0.05, 0.1) is 30.1 Å². The first kappa shape index (κ1) is 31.1. The maximum absolute atomic E-state index is 13.5. The van der Waals surface area contributed by atoms with E-state index >= 15 is 0 Å². The molecule has 3 aliphatic heterocycles. The molecule has 0 aromatic carbocycles. The molecule has 230 valence electrons. The fraction of sp³-hybridized carbons (Fsp3) is 0.625. The summed E-state index contributed by atoms with van der Waals surface area (Å²) in [5, 5.41) is 5.86. The molecule has 1 unspecified atom stereocenters. The minimum Gasteiger partial charge on any atom is -0.366 e. The van der Waals surface area contributed by atoms with Crippen LogP contribution >= 0.6 is 0 Å². The summed E-state index contributed by atoms with van der Waals surface area (Å²) in [5.74, 6) is -4.54. The summed E-state index contributed by atoms with van der Waals surface area (Å²) in [6.07, 6.45) is -6.77.